The third-order valence-electron chi connectivity index (χ3n) is 3.16. The maximum Gasteiger partial charge on any atom is 0.228 e. The van der Waals surface area contributed by atoms with Crippen LogP contribution >= 0.6 is 0 Å². The van der Waals surface area contributed by atoms with E-state index in [9.17, 15) is 4.79 Å². The van der Waals surface area contributed by atoms with Gasteiger partial charge in [0.05, 0.1) is 31.8 Å². The van der Waals surface area contributed by atoms with Crippen molar-refractivity contribution in [2.45, 2.75) is 18.9 Å². The van der Waals surface area contributed by atoms with Crippen LogP contribution in [0, 0.1) is 5.92 Å². The number of hydrogen-bond acceptors (Lipinski definition) is 4. The first-order valence-corrected chi connectivity index (χ1v) is 5.90. The molecule has 0 spiro atoms. The molecule has 2 fully saturated rings. The summed E-state index contributed by atoms with van der Waals surface area (Å²) in [7, 11) is 0. The van der Waals surface area contributed by atoms with E-state index in [4.69, 9.17) is 14.6 Å². The van der Waals surface area contributed by atoms with Crippen molar-refractivity contribution in [2.24, 2.45) is 5.92 Å². The van der Waals surface area contributed by atoms with Crippen LogP contribution in [0.3, 0.4) is 0 Å². The quantitative estimate of drug-likeness (QED) is 0.702. The lowest BCUT2D eigenvalue weighted by Crippen LogP contribution is -2.49. The lowest BCUT2D eigenvalue weighted by Gasteiger charge is -2.35. The van der Waals surface area contributed by atoms with Crippen molar-refractivity contribution in [3.63, 3.8) is 0 Å². The van der Waals surface area contributed by atoms with Crippen LogP contribution in [0.15, 0.2) is 0 Å². The summed E-state index contributed by atoms with van der Waals surface area (Å²) in [5.41, 5.74) is 0. The van der Waals surface area contributed by atoms with Crippen molar-refractivity contribution in [2.75, 3.05) is 39.5 Å². The molecule has 2 heterocycles. The number of carbonyl (C=O) groups excluding carboxylic acids is 1. The highest BCUT2D eigenvalue weighted by atomic mass is 16.5. The summed E-state index contributed by atoms with van der Waals surface area (Å²) < 4.78 is 10.6. The first-order valence-electron chi connectivity index (χ1n) is 5.90. The van der Waals surface area contributed by atoms with Gasteiger partial charge in [-0.1, -0.05) is 0 Å². The van der Waals surface area contributed by atoms with Gasteiger partial charge in [-0.15, -0.1) is 0 Å². The third kappa shape index (κ3) is 2.72. The van der Waals surface area contributed by atoms with Crippen LogP contribution in [-0.2, 0) is 14.3 Å². The summed E-state index contributed by atoms with van der Waals surface area (Å²) in [6.45, 7) is 2.94. The van der Waals surface area contributed by atoms with E-state index in [1.165, 1.54) is 0 Å². The van der Waals surface area contributed by atoms with E-state index in [1.54, 1.807) is 4.90 Å². The van der Waals surface area contributed by atoms with Gasteiger partial charge in [-0.25, -0.2) is 0 Å². The number of ether oxygens (including phenoxy) is 2. The molecule has 1 N–H and O–H groups in total. The number of aliphatic hydroxyl groups is 1. The van der Waals surface area contributed by atoms with Gasteiger partial charge >= 0.3 is 0 Å². The SMILES string of the molecule is O=C(C1CCCOC1)N1CCOC(CO)C1. The normalized spacial score (nSPS) is 31.4. The average molecular weight is 229 g/mol. The highest BCUT2D eigenvalue weighted by Crippen LogP contribution is 2.18. The van der Waals surface area contributed by atoms with Crippen molar-refractivity contribution in [1.82, 2.24) is 4.90 Å². The molecule has 92 valence electrons. The highest BCUT2D eigenvalue weighted by Gasteiger charge is 2.30. The molecule has 0 aromatic carbocycles. The van der Waals surface area contributed by atoms with Crippen LogP contribution < -0.4 is 0 Å². The van der Waals surface area contributed by atoms with Gasteiger partial charge in [0.1, 0.15) is 0 Å². The summed E-state index contributed by atoms with van der Waals surface area (Å²) in [6.07, 6.45) is 1.66. The van der Waals surface area contributed by atoms with E-state index >= 15 is 0 Å². The molecule has 2 aliphatic rings. The topological polar surface area (TPSA) is 59.0 Å². The standard InChI is InChI=1S/C11H19NO4/c13-7-10-6-12(3-5-16-10)11(14)9-2-1-4-15-8-9/h9-10,13H,1-8H2. The van der Waals surface area contributed by atoms with E-state index in [0.717, 1.165) is 19.4 Å². The summed E-state index contributed by atoms with van der Waals surface area (Å²) in [5.74, 6) is 0.160. The van der Waals surface area contributed by atoms with E-state index in [-0.39, 0.29) is 24.5 Å². The summed E-state index contributed by atoms with van der Waals surface area (Å²) in [6, 6.07) is 0. The van der Waals surface area contributed by atoms with Crippen LogP contribution in [0.25, 0.3) is 0 Å². The molecule has 1 amide bonds. The fraction of sp³-hybridized carbons (Fsp3) is 0.909. The molecular formula is C11H19NO4. The minimum atomic E-state index is -0.220. The fourth-order valence-corrected chi connectivity index (χ4v) is 2.22. The Morgan fingerprint density at radius 2 is 2.31 bits per heavy atom. The molecule has 0 aliphatic carbocycles. The smallest absolute Gasteiger partial charge is 0.228 e. The number of hydrogen-bond donors (Lipinski definition) is 1. The largest absolute Gasteiger partial charge is 0.394 e. The fourth-order valence-electron chi connectivity index (χ4n) is 2.22. The molecular weight excluding hydrogens is 210 g/mol. The Morgan fingerprint density at radius 1 is 1.44 bits per heavy atom. The molecule has 5 nitrogen and oxygen atoms in total. The van der Waals surface area contributed by atoms with Crippen LogP contribution in [0.5, 0.6) is 0 Å². The van der Waals surface area contributed by atoms with E-state index in [0.29, 0.717) is 26.3 Å². The molecule has 2 unspecified atom stereocenters. The second-order valence-electron chi connectivity index (χ2n) is 4.37. The van der Waals surface area contributed by atoms with Crippen LogP contribution in [0.4, 0.5) is 0 Å². The first kappa shape index (κ1) is 11.8. The molecule has 2 saturated heterocycles. The number of carbonyl (C=O) groups is 1. The monoisotopic (exact) mass is 229 g/mol. The molecule has 0 radical (unpaired) electrons. The lowest BCUT2D eigenvalue weighted by atomic mass is 10.0. The maximum absolute atomic E-state index is 12.1. The van der Waals surface area contributed by atoms with Gasteiger partial charge in [0.2, 0.25) is 5.91 Å². The van der Waals surface area contributed by atoms with Crippen molar-refractivity contribution < 1.29 is 19.4 Å². The van der Waals surface area contributed by atoms with Crippen molar-refractivity contribution in [1.29, 1.82) is 0 Å². The molecule has 0 aromatic rings. The van der Waals surface area contributed by atoms with Crippen LogP contribution in [0.2, 0.25) is 0 Å². The van der Waals surface area contributed by atoms with Crippen molar-refractivity contribution in [3.8, 4) is 0 Å². The highest BCUT2D eigenvalue weighted by molar-refractivity contribution is 5.79. The predicted octanol–water partition coefficient (Wildman–Crippen LogP) is -0.367. The van der Waals surface area contributed by atoms with E-state index < -0.39 is 0 Å². The van der Waals surface area contributed by atoms with Gasteiger partial charge in [-0.2, -0.15) is 0 Å². The summed E-state index contributed by atoms with van der Waals surface area (Å²) >= 11 is 0. The van der Waals surface area contributed by atoms with Crippen molar-refractivity contribution in [3.05, 3.63) is 0 Å². The molecule has 16 heavy (non-hydrogen) atoms. The summed E-state index contributed by atoms with van der Waals surface area (Å²) in [4.78, 5) is 13.9. The number of aliphatic hydroxyl groups excluding tert-OH is 1. The van der Waals surface area contributed by atoms with Gasteiger partial charge in [-0.3, -0.25) is 4.79 Å². The Labute approximate surface area is 95.3 Å². The Morgan fingerprint density at radius 3 is 3.00 bits per heavy atom. The van der Waals surface area contributed by atoms with E-state index in [1.807, 2.05) is 0 Å². The zero-order valence-electron chi connectivity index (χ0n) is 9.43. The molecule has 2 aliphatic heterocycles. The molecule has 0 aromatic heterocycles. The van der Waals surface area contributed by atoms with E-state index in [2.05, 4.69) is 0 Å². The molecule has 2 atom stereocenters. The Hall–Kier alpha value is -0.650. The van der Waals surface area contributed by atoms with Crippen molar-refractivity contribution >= 4 is 5.91 Å². The molecule has 0 bridgehead atoms. The van der Waals surface area contributed by atoms with Gasteiger partial charge in [-0.05, 0) is 12.8 Å². The molecule has 0 saturated carbocycles. The second-order valence-corrected chi connectivity index (χ2v) is 4.37. The maximum atomic E-state index is 12.1. The number of nitrogens with zero attached hydrogens (tertiary/aromatic N) is 1. The Bertz CT molecular complexity index is 240. The van der Waals surface area contributed by atoms with Gasteiger partial charge < -0.3 is 19.5 Å². The Balaban J connectivity index is 1.87. The van der Waals surface area contributed by atoms with Gasteiger partial charge in [0.25, 0.3) is 0 Å². The Kier molecular flexibility index (Phi) is 4.15. The van der Waals surface area contributed by atoms with Crippen LogP contribution in [0.1, 0.15) is 12.8 Å². The number of rotatable bonds is 2. The zero-order chi connectivity index (χ0) is 11.4. The third-order valence-corrected chi connectivity index (χ3v) is 3.16. The minimum absolute atomic E-state index is 0.00573. The number of morpholine rings is 1. The summed E-state index contributed by atoms with van der Waals surface area (Å²) in [5, 5.41) is 9.01. The second kappa shape index (κ2) is 5.61. The molecule has 5 heteroatoms. The predicted molar refractivity (Wildman–Crippen MR) is 56.9 cm³/mol. The van der Waals surface area contributed by atoms with Gasteiger partial charge in [0, 0.05) is 19.7 Å². The number of amides is 1. The van der Waals surface area contributed by atoms with Gasteiger partial charge in [0.15, 0.2) is 0 Å². The lowest BCUT2D eigenvalue weighted by molar-refractivity contribution is -0.148. The zero-order valence-corrected chi connectivity index (χ0v) is 9.43. The average Bonchev–Trinajstić information content (AvgIpc) is 2.39. The first-order chi connectivity index (χ1) is 7.81. The molecule has 2 rings (SSSR count). The minimum Gasteiger partial charge on any atom is -0.394 e. The van der Waals surface area contributed by atoms with Crippen LogP contribution in [-0.4, -0.2) is 61.5 Å².